The van der Waals surface area contributed by atoms with Gasteiger partial charge >= 0.3 is 12.1 Å². The van der Waals surface area contributed by atoms with Crippen LogP contribution in [-0.4, -0.2) is 37.7 Å². The van der Waals surface area contributed by atoms with Crippen molar-refractivity contribution in [3.05, 3.63) is 29.3 Å². The number of nitrogen functional groups attached to an aromatic ring is 1. The highest BCUT2D eigenvalue weighted by atomic mass is 16.5. The minimum absolute atomic E-state index is 0.314. The number of esters is 1. The fourth-order valence-corrected chi connectivity index (χ4v) is 1.65. The highest BCUT2D eigenvalue weighted by molar-refractivity contribution is 5.95. The Balaban J connectivity index is 2.85. The molecule has 6 nitrogen and oxygen atoms in total. The summed E-state index contributed by atoms with van der Waals surface area (Å²) in [6, 6.07) is 5.02. The van der Waals surface area contributed by atoms with Gasteiger partial charge in [0.2, 0.25) is 0 Å². The van der Waals surface area contributed by atoms with E-state index in [4.69, 9.17) is 10.5 Å². The molecule has 0 radical (unpaired) electrons. The number of nitrogens with two attached hydrogens (primary N) is 1. The Hall–Kier alpha value is -2.24. The van der Waals surface area contributed by atoms with Crippen molar-refractivity contribution in [2.45, 2.75) is 19.9 Å². The van der Waals surface area contributed by atoms with E-state index in [1.165, 1.54) is 12.0 Å². The summed E-state index contributed by atoms with van der Waals surface area (Å²) >= 11 is 0. The number of carbonyl (C=O) groups is 2. The van der Waals surface area contributed by atoms with E-state index < -0.39 is 12.1 Å². The van der Waals surface area contributed by atoms with Crippen molar-refractivity contribution < 1.29 is 19.1 Å². The zero-order chi connectivity index (χ0) is 15.1. The monoisotopic (exact) mass is 280 g/mol. The highest BCUT2D eigenvalue weighted by Gasteiger charge is 2.14. The Labute approximate surface area is 118 Å². The molecule has 110 valence electrons. The van der Waals surface area contributed by atoms with Gasteiger partial charge in [-0.05, 0) is 24.1 Å². The molecule has 0 saturated heterocycles. The van der Waals surface area contributed by atoms with Crippen molar-refractivity contribution in [3.63, 3.8) is 0 Å². The molecule has 0 aliphatic heterocycles. The van der Waals surface area contributed by atoms with E-state index in [2.05, 4.69) is 4.74 Å². The molecule has 0 atom stereocenters. The van der Waals surface area contributed by atoms with E-state index >= 15 is 0 Å². The lowest BCUT2D eigenvalue weighted by Gasteiger charge is -2.16. The smallest absolute Gasteiger partial charge is 0.409 e. The summed E-state index contributed by atoms with van der Waals surface area (Å²) in [4.78, 5) is 24.6. The van der Waals surface area contributed by atoms with E-state index in [-0.39, 0.29) is 0 Å². The molecule has 0 bridgehead atoms. The normalized spacial score (nSPS) is 9.95. The molecule has 1 amide bonds. The van der Waals surface area contributed by atoms with Crippen molar-refractivity contribution in [1.29, 1.82) is 0 Å². The van der Waals surface area contributed by atoms with Gasteiger partial charge < -0.3 is 20.1 Å². The first-order valence-electron chi connectivity index (χ1n) is 6.34. The molecule has 20 heavy (non-hydrogen) atoms. The number of anilines is 1. The minimum Gasteiger partial charge on any atom is -0.462 e. The standard InChI is InChI=1S/C14H20N2O4/c1-4-7-20-13(17)11-8-10(5-6-12(11)15)9-16(2)14(18)19-3/h5-6,8H,4,7,9,15H2,1-3H3. The van der Waals surface area contributed by atoms with Crippen LogP contribution in [0.1, 0.15) is 29.3 Å². The molecule has 0 spiro atoms. The average Bonchev–Trinajstić information content (AvgIpc) is 2.45. The number of methoxy groups -OCH3 is 1. The van der Waals surface area contributed by atoms with Crippen LogP contribution in [0.15, 0.2) is 18.2 Å². The summed E-state index contributed by atoms with van der Waals surface area (Å²) in [5, 5.41) is 0. The number of amides is 1. The lowest BCUT2D eigenvalue weighted by Crippen LogP contribution is -2.26. The number of hydrogen-bond acceptors (Lipinski definition) is 5. The lowest BCUT2D eigenvalue weighted by atomic mass is 10.1. The third-order valence-corrected chi connectivity index (χ3v) is 2.68. The summed E-state index contributed by atoms with van der Waals surface area (Å²) in [5.41, 5.74) is 7.22. The number of benzene rings is 1. The van der Waals surface area contributed by atoms with Gasteiger partial charge in [-0.1, -0.05) is 13.0 Å². The molecule has 1 rings (SSSR count). The van der Waals surface area contributed by atoms with Crippen molar-refractivity contribution in [3.8, 4) is 0 Å². The van der Waals surface area contributed by atoms with Gasteiger partial charge in [-0.15, -0.1) is 0 Å². The van der Waals surface area contributed by atoms with Gasteiger partial charge in [0, 0.05) is 19.3 Å². The second-order valence-electron chi connectivity index (χ2n) is 4.38. The fourth-order valence-electron chi connectivity index (χ4n) is 1.65. The first kappa shape index (κ1) is 15.8. The molecular weight excluding hydrogens is 260 g/mol. The average molecular weight is 280 g/mol. The molecule has 0 aliphatic rings. The molecule has 0 heterocycles. The Kier molecular flexibility index (Phi) is 5.83. The van der Waals surface area contributed by atoms with Gasteiger partial charge in [0.15, 0.2) is 0 Å². The Morgan fingerprint density at radius 1 is 1.35 bits per heavy atom. The summed E-state index contributed by atoms with van der Waals surface area (Å²) < 4.78 is 9.67. The van der Waals surface area contributed by atoms with Gasteiger partial charge in [0.05, 0.1) is 19.3 Å². The third-order valence-electron chi connectivity index (χ3n) is 2.68. The minimum atomic E-state index is -0.452. The summed E-state index contributed by atoms with van der Waals surface area (Å²) in [5.74, 6) is -0.452. The van der Waals surface area contributed by atoms with Crippen LogP contribution in [0.4, 0.5) is 10.5 Å². The molecule has 6 heteroatoms. The maximum atomic E-state index is 11.8. The summed E-state index contributed by atoms with van der Waals surface area (Å²) in [7, 11) is 2.92. The first-order chi connectivity index (χ1) is 9.49. The predicted molar refractivity (Wildman–Crippen MR) is 75.3 cm³/mol. The Morgan fingerprint density at radius 2 is 2.05 bits per heavy atom. The molecule has 0 saturated carbocycles. The van der Waals surface area contributed by atoms with Gasteiger partial charge in [-0.2, -0.15) is 0 Å². The van der Waals surface area contributed by atoms with Crippen LogP contribution in [0.3, 0.4) is 0 Å². The van der Waals surface area contributed by atoms with E-state index in [9.17, 15) is 9.59 Å². The number of hydrogen-bond donors (Lipinski definition) is 1. The predicted octanol–water partition coefficient (Wildman–Crippen LogP) is 2.03. The SMILES string of the molecule is CCCOC(=O)c1cc(CN(C)C(=O)OC)ccc1N. The zero-order valence-electron chi connectivity index (χ0n) is 12.0. The van der Waals surface area contributed by atoms with Crippen LogP contribution < -0.4 is 5.73 Å². The van der Waals surface area contributed by atoms with Crippen LogP contribution in [0.5, 0.6) is 0 Å². The fraction of sp³-hybridized carbons (Fsp3) is 0.429. The number of ether oxygens (including phenoxy) is 2. The maximum Gasteiger partial charge on any atom is 0.409 e. The van der Waals surface area contributed by atoms with Crippen LogP contribution >= 0.6 is 0 Å². The Morgan fingerprint density at radius 3 is 2.65 bits per heavy atom. The number of nitrogens with zero attached hydrogens (tertiary/aromatic N) is 1. The number of rotatable bonds is 5. The first-order valence-corrected chi connectivity index (χ1v) is 6.34. The molecule has 1 aromatic rings. The molecule has 0 unspecified atom stereocenters. The molecule has 1 aromatic carbocycles. The number of carbonyl (C=O) groups excluding carboxylic acids is 2. The van der Waals surface area contributed by atoms with Gasteiger partial charge in [0.25, 0.3) is 0 Å². The molecular formula is C14H20N2O4. The van der Waals surface area contributed by atoms with E-state index in [0.717, 1.165) is 12.0 Å². The second-order valence-corrected chi connectivity index (χ2v) is 4.38. The quantitative estimate of drug-likeness (QED) is 0.659. The summed E-state index contributed by atoms with van der Waals surface area (Å²) in [6.07, 6.45) is 0.299. The Bertz CT molecular complexity index is 488. The van der Waals surface area contributed by atoms with E-state index in [0.29, 0.717) is 24.4 Å². The molecule has 0 fully saturated rings. The third kappa shape index (κ3) is 4.15. The van der Waals surface area contributed by atoms with Crippen molar-refractivity contribution in [2.75, 3.05) is 26.5 Å². The van der Waals surface area contributed by atoms with Crippen LogP contribution in [0.25, 0.3) is 0 Å². The molecule has 2 N–H and O–H groups in total. The van der Waals surface area contributed by atoms with Gasteiger partial charge in [-0.25, -0.2) is 9.59 Å². The van der Waals surface area contributed by atoms with E-state index in [1.807, 2.05) is 6.92 Å². The maximum absolute atomic E-state index is 11.8. The van der Waals surface area contributed by atoms with Crippen molar-refractivity contribution in [1.82, 2.24) is 4.90 Å². The largest absolute Gasteiger partial charge is 0.462 e. The van der Waals surface area contributed by atoms with Crippen LogP contribution in [0.2, 0.25) is 0 Å². The molecule has 0 aliphatic carbocycles. The van der Waals surface area contributed by atoms with Crippen molar-refractivity contribution in [2.24, 2.45) is 0 Å². The molecule has 0 aromatic heterocycles. The van der Waals surface area contributed by atoms with Crippen LogP contribution in [0, 0.1) is 0 Å². The van der Waals surface area contributed by atoms with Crippen molar-refractivity contribution >= 4 is 17.7 Å². The highest BCUT2D eigenvalue weighted by Crippen LogP contribution is 2.17. The zero-order valence-corrected chi connectivity index (χ0v) is 12.0. The summed E-state index contributed by atoms with van der Waals surface area (Å²) in [6.45, 7) is 2.59. The van der Waals surface area contributed by atoms with Gasteiger partial charge in [0.1, 0.15) is 0 Å². The second kappa shape index (κ2) is 7.37. The van der Waals surface area contributed by atoms with E-state index in [1.54, 1.807) is 25.2 Å². The van der Waals surface area contributed by atoms with Gasteiger partial charge in [-0.3, -0.25) is 0 Å². The topological polar surface area (TPSA) is 81.9 Å². The lowest BCUT2D eigenvalue weighted by molar-refractivity contribution is 0.0506. The van der Waals surface area contributed by atoms with Crippen LogP contribution in [-0.2, 0) is 16.0 Å².